The molecule has 0 aliphatic rings. The summed E-state index contributed by atoms with van der Waals surface area (Å²) >= 11 is 5.61. The molecule has 1 amide bonds. The maximum absolute atomic E-state index is 11.5. The van der Waals surface area contributed by atoms with Crippen LogP contribution >= 0.6 is 11.6 Å². The standard InChI is InChI=1S/C8H8ClNO4S/c1-14-8(11)10-15(12,13)7-4-2-3-6(9)5-7/h2-5H,1H3,(H,10,11). The highest BCUT2D eigenvalue weighted by Crippen LogP contribution is 2.14. The van der Waals surface area contributed by atoms with Crippen LogP contribution in [0.3, 0.4) is 0 Å². The van der Waals surface area contributed by atoms with Crippen LogP contribution in [0, 0.1) is 0 Å². The molecule has 0 aliphatic carbocycles. The predicted molar refractivity (Wildman–Crippen MR) is 54.2 cm³/mol. The van der Waals surface area contributed by atoms with Crippen molar-refractivity contribution >= 4 is 27.7 Å². The lowest BCUT2D eigenvalue weighted by molar-refractivity contribution is 0.177. The second-order valence-electron chi connectivity index (χ2n) is 2.55. The number of benzene rings is 1. The lowest BCUT2D eigenvalue weighted by Crippen LogP contribution is -2.30. The van der Waals surface area contributed by atoms with Crippen LogP contribution in [0.15, 0.2) is 29.2 Å². The van der Waals surface area contributed by atoms with Gasteiger partial charge >= 0.3 is 6.09 Å². The molecule has 5 nitrogen and oxygen atoms in total. The van der Waals surface area contributed by atoms with E-state index in [1.807, 2.05) is 0 Å². The van der Waals surface area contributed by atoms with Crippen LogP contribution in [0.25, 0.3) is 0 Å². The molecular weight excluding hydrogens is 242 g/mol. The summed E-state index contributed by atoms with van der Waals surface area (Å²) in [7, 11) is -2.83. The lowest BCUT2D eigenvalue weighted by Gasteiger charge is -2.05. The van der Waals surface area contributed by atoms with Gasteiger partial charge in [-0.25, -0.2) is 17.9 Å². The molecule has 1 rings (SSSR count). The van der Waals surface area contributed by atoms with Gasteiger partial charge in [-0.15, -0.1) is 0 Å². The molecule has 0 heterocycles. The maximum Gasteiger partial charge on any atom is 0.420 e. The summed E-state index contributed by atoms with van der Waals surface area (Å²) in [5, 5.41) is 0.266. The largest absolute Gasteiger partial charge is 0.452 e. The Morgan fingerprint density at radius 1 is 1.47 bits per heavy atom. The average molecular weight is 250 g/mol. The molecule has 0 aliphatic heterocycles. The molecule has 0 atom stereocenters. The second-order valence-corrected chi connectivity index (χ2v) is 4.67. The van der Waals surface area contributed by atoms with Gasteiger partial charge in [-0.1, -0.05) is 17.7 Å². The summed E-state index contributed by atoms with van der Waals surface area (Å²) in [5.41, 5.74) is 0. The minimum Gasteiger partial charge on any atom is -0.452 e. The third-order valence-corrected chi connectivity index (χ3v) is 3.05. The zero-order valence-electron chi connectivity index (χ0n) is 7.73. The van der Waals surface area contributed by atoms with Gasteiger partial charge < -0.3 is 4.74 Å². The zero-order valence-corrected chi connectivity index (χ0v) is 9.30. The van der Waals surface area contributed by atoms with Crippen LogP contribution in [0.5, 0.6) is 0 Å². The van der Waals surface area contributed by atoms with E-state index in [1.54, 1.807) is 4.72 Å². The number of sulfonamides is 1. The Morgan fingerprint density at radius 3 is 2.67 bits per heavy atom. The Hall–Kier alpha value is -1.27. The van der Waals surface area contributed by atoms with Crippen molar-refractivity contribution in [3.8, 4) is 0 Å². The Bertz CT molecular complexity index is 471. The first-order valence-electron chi connectivity index (χ1n) is 3.82. The fraction of sp³-hybridized carbons (Fsp3) is 0.125. The van der Waals surface area contributed by atoms with Gasteiger partial charge in [0.2, 0.25) is 0 Å². The first-order chi connectivity index (χ1) is 6.95. The van der Waals surface area contributed by atoms with E-state index < -0.39 is 16.1 Å². The molecule has 1 aromatic rings. The Kier molecular flexibility index (Phi) is 3.54. The number of carbonyl (C=O) groups is 1. The number of hydrogen-bond acceptors (Lipinski definition) is 4. The van der Waals surface area contributed by atoms with E-state index in [2.05, 4.69) is 4.74 Å². The van der Waals surface area contributed by atoms with E-state index in [1.165, 1.54) is 24.3 Å². The molecule has 0 saturated carbocycles. The van der Waals surface area contributed by atoms with E-state index in [9.17, 15) is 13.2 Å². The quantitative estimate of drug-likeness (QED) is 0.860. The third-order valence-electron chi connectivity index (χ3n) is 1.51. The molecule has 15 heavy (non-hydrogen) atoms. The average Bonchev–Trinajstić information content (AvgIpc) is 2.17. The van der Waals surface area contributed by atoms with Crippen LogP contribution in [0.2, 0.25) is 5.02 Å². The van der Waals surface area contributed by atoms with Gasteiger partial charge in [0.25, 0.3) is 10.0 Å². The van der Waals surface area contributed by atoms with Crippen molar-refractivity contribution < 1.29 is 17.9 Å². The maximum atomic E-state index is 11.5. The Labute approximate surface area is 92.1 Å². The van der Waals surface area contributed by atoms with E-state index in [4.69, 9.17) is 11.6 Å². The minimum atomic E-state index is -3.90. The molecule has 0 radical (unpaired) electrons. The highest BCUT2D eigenvalue weighted by atomic mass is 35.5. The summed E-state index contributed by atoms with van der Waals surface area (Å²) in [6.07, 6.45) is -1.05. The molecule has 1 aromatic carbocycles. The molecular formula is C8H8ClNO4S. The van der Waals surface area contributed by atoms with Crippen molar-refractivity contribution in [1.29, 1.82) is 0 Å². The summed E-state index contributed by atoms with van der Waals surface area (Å²) in [5.74, 6) is 0. The van der Waals surface area contributed by atoms with E-state index in [-0.39, 0.29) is 9.92 Å². The molecule has 0 fully saturated rings. The van der Waals surface area contributed by atoms with E-state index in [0.717, 1.165) is 7.11 Å². The van der Waals surface area contributed by atoms with Crippen LogP contribution in [-0.2, 0) is 14.8 Å². The number of hydrogen-bond donors (Lipinski definition) is 1. The SMILES string of the molecule is COC(=O)NS(=O)(=O)c1cccc(Cl)c1. The first kappa shape index (κ1) is 11.8. The van der Waals surface area contributed by atoms with Crippen molar-refractivity contribution in [2.24, 2.45) is 0 Å². The van der Waals surface area contributed by atoms with E-state index >= 15 is 0 Å². The van der Waals surface area contributed by atoms with Crippen molar-refractivity contribution in [3.63, 3.8) is 0 Å². The van der Waals surface area contributed by atoms with Crippen molar-refractivity contribution in [1.82, 2.24) is 4.72 Å². The van der Waals surface area contributed by atoms with E-state index in [0.29, 0.717) is 0 Å². The normalized spacial score (nSPS) is 10.8. The summed E-state index contributed by atoms with van der Waals surface area (Å²) in [4.78, 5) is 10.6. The number of halogens is 1. The predicted octanol–water partition coefficient (Wildman–Crippen LogP) is 1.38. The molecule has 7 heteroatoms. The second kappa shape index (κ2) is 4.50. The molecule has 0 unspecified atom stereocenters. The lowest BCUT2D eigenvalue weighted by atomic mass is 10.4. The molecule has 0 bridgehead atoms. The van der Waals surface area contributed by atoms with Crippen LogP contribution in [0.1, 0.15) is 0 Å². The Morgan fingerprint density at radius 2 is 2.13 bits per heavy atom. The van der Waals surface area contributed by atoms with Gasteiger partial charge in [-0.05, 0) is 18.2 Å². The number of carbonyl (C=O) groups excluding carboxylic acids is 1. The molecule has 0 spiro atoms. The van der Waals surface area contributed by atoms with Crippen LogP contribution < -0.4 is 4.72 Å². The fourth-order valence-electron chi connectivity index (χ4n) is 0.844. The fourth-order valence-corrected chi connectivity index (χ4v) is 2.06. The number of rotatable bonds is 2. The summed E-state index contributed by atoms with van der Waals surface area (Å²) in [6.45, 7) is 0. The van der Waals surface area contributed by atoms with Crippen molar-refractivity contribution in [3.05, 3.63) is 29.3 Å². The minimum absolute atomic E-state index is 0.0969. The highest BCUT2D eigenvalue weighted by molar-refractivity contribution is 7.90. The molecule has 0 saturated heterocycles. The summed E-state index contributed by atoms with van der Waals surface area (Å²) < 4.78 is 28.8. The van der Waals surface area contributed by atoms with Gasteiger partial charge in [-0.2, -0.15) is 0 Å². The number of methoxy groups -OCH3 is 1. The smallest absolute Gasteiger partial charge is 0.420 e. The number of nitrogens with one attached hydrogen (secondary N) is 1. The number of amides is 1. The van der Waals surface area contributed by atoms with Crippen LogP contribution in [0.4, 0.5) is 4.79 Å². The molecule has 1 N–H and O–H groups in total. The van der Waals surface area contributed by atoms with Gasteiger partial charge in [0, 0.05) is 5.02 Å². The molecule has 0 aromatic heterocycles. The van der Waals surface area contributed by atoms with Gasteiger partial charge in [0.05, 0.1) is 12.0 Å². The third kappa shape index (κ3) is 3.10. The zero-order chi connectivity index (χ0) is 11.5. The van der Waals surface area contributed by atoms with Gasteiger partial charge in [-0.3, -0.25) is 0 Å². The van der Waals surface area contributed by atoms with Crippen molar-refractivity contribution in [2.45, 2.75) is 4.90 Å². The first-order valence-corrected chi connectivity index (χ1v) is 5.68. The Balaban J connectivity index is 3.01. The molecule has 82 valence electrons. The van der Waals surface area contributed by atoms with Gasteiger partial charge in [0.15, 0.2) is 0 Å². The number of ether oxygens (including phenoxy) is 1. The highest BCUT2D eigenvalue weighted by Gasteiger charge is 2.17. The van der Waals surface area contributed by atoms with Crippen LogP contribution in [-0.4, -0.2) is 21.6 Å². The topological polar surface area (TPSA) is 72.5 Å². The van der Waals surface area contributed by atoms with Gasteiger partial charge in [0.1, 0.15) is 0 Å². The monoisotopic (exact) mass is 249 g/mol. The van der Waals surface area contributed by atoms with Crippen molar-refractivity contribution in [2.75, 3.05) is 7.11 Å². The summed E-state index contributed by atoms with van der Waals surface area (Å²) in [6, 6.07) is 5.54.